The molecular weight excluding hydrogens is 440 g/mol. The molecule has 1 fully saturated rings. The third-order valence-electron chi connectivity index (χ3n) is 4.58. The highest BCUT2D eigenvalue weighted by molar-refractivity contribution is 9.10. The average molecular weight is 455 g/mol. The van der Waals surface area contributed by atoms with Gasteiger partial charge in [0, 0.05) is 21.6 Å². The van der Waals surface area contributed by atoms with Crippen LogP contribution in [-0.4, -0.2) is 21.8 Å². The summed E-state index contributed by atoms with van der Waals surface area (Å²) in [5.74, 6) is -1.61. The molecule has 1 atom stereocenters. The number of hydrogen-bond acceptors (Lipinski definition) is 5. The second-order valence-corrected chi connectivity index (χ2v) is 8.19. The number of hydrogen-bond donors (Lipinski definition) is 1. The molecule has 0 saturated carbocycles. The first kappa shape index (κ1) is 18.6. The van der Waals surface area contributed by atoms with Gasteiger partial charge in [-0.1, -0.05) is 57.9 Å². The number of carbonyl (C=O) groups excluding carboxylic acids is 2. The molecule has 3 aromatic rings. The maximum absolute atomic E-state index is 12.9. The van der Waals surface area contributed by atoms with Crippen LogP contribution in [0, 0.1) is 6.92 Å². The van der Waals surface area contributed by atoms with Gasteiger partial charge >= 0.3 is 5.91 Å². The number of benzene rings is 2. The quantitative estimate of drug-likeness (QED) is 0.349. The number of aromatic nitrogens is 1. The fraction of sp³-hybridized carbons (Fsp3) is 0.0952. The Hall–Kier alpha value is -2.77. The molecule has 1 aromatic heterocycles. The third-order valence-corrected chi connectivity index (χ3v) is 5.88. The summed E-state index contributed by atoms with van der Waals surface area (Å²) in [5, 5.41) is 13.1. The first-order chi connectivity index (χ1) is 13.5. The zero-order valence-corrected chi connectivity index (χ0v) is 17.2. The van der Waals surface area contributed by atoms with Crippen molar-refractivity contribution >= 4 is 49.8 Å². The number of amides is 1. The summed E-state index contributed by atoms with van der Waals surface area (Å²) in [6, 6.07) is 13.7. The van der Waals surface area contributed by atoms with Gasteiger partial charge in [0.2, 0.25) is 0 Å². The van der Waals surface area contributed by atoms with Crippen LogP contribution in [0.5, 0.6) is 0 Å². The van der Waals surface area contributed by atoms with Gasteiger partial charge < -0.3 is 5.11 Å². The lowest BCUT2D eigenvalue weighted by Gasteiger charge is -2.23. The van der Waals surface area contributed by atoms with Gasteiger partial charge in [0.1, 0.15) is 5.76 Å². The lowest BCUT2D eigenvalue weighted by molar-refractivity contribution is -0.132. The zero-order valence-electron chi connectivity index (χ0n) is 14.8. The molecular formula is C21H15BrN2O3S. The molecule has 4 rings (SSSR count). The van der Waals surface area contributed by atoms with Crippen molar-refractivity contribution in [2.75, 3.05) is 4.90 Å². The highest BCUT2D eigenvalue weighted by Crippen LogP contribution is 2.42. The van der Waals surface area contributed by atoms with Crippen LogP contribution in [0.4, 0.5) is 5.13 Å². The van der Waals surface area contributed by atoms with Crippen molar-refractivity contribution in [3.05, 3.63) is 86.8 Å². The summed E-state index contributed by atoms with van der Waals surface area (Å²) in [4.78, 5) is 31.3. The lowest BCUT2D eigenvalue weighted by atomic mass is 9.95. The van der Waals surface area contributed by atoms with Gasteiger partial charge in [-0.05, 0) is 24.6 Å². The van der Waals surface area contributed by atoms with Crippen LogP contribution in [0.15, 0.2) is 70.2 Å². The Morgan fingerprint density at radius 2 is 1.79 bits per heavy atom. The number of ketones is 1. The summed E-state index contributed by atoms with van der Waals surface area (Å²) in [6.07, 6.45) is 1.58. The standard InChI is InChI=1S/C21H15BrN2O3S/c1-12-2-4-13(5-3-12)17-16(18(25)14-6-8-15(22)9-7-14)19(26)20(27)24(17)21-23-10-11-28-21/h2-11,17,25H,1H3/t17-/m0/s1. The molecule has 0 radical (unpaired) electrons. The smallest absolute Gasteiger partial charge is 0.301 e. The van der Waals surface area contributed by atoms with Gasteiger partial charge in [0.05, 0.1) is 11.6 Å². The van der Waals surface area contributed by atoms with E-state index in [0.717, 1.165) is 15.6 Å². The van der Waals surface area contributed by atoms with Crippen LogP contribution in [0.1, 0.15) is 22.7 Å². The molecule has 1 aliphatic heterocycles. The Morgan fingerprint density at radius 1 is 1.11 bits per heavy atom. The Balaban J connectivity index is 1.93. The number of nitrogens with zero attached hydrogens (tertiary/aromatic N) is 2. The molecule has 1 aliphatic rings. The lowest BCUT2D eigenvalue weighted by Crippen LogP contribution is -2.29. The Bertz CT molecular complexity index is 1070. The predicted octanol–water partition coefficient (Wildman–Crippen LogP) is 4.84. The number of thiazole rings is 1. The molecule has 2 aromatic carbocycles. The zero-order chi connectivity index (χ0) is 19.8. The maximum atomic E-state index is 12.9. The molecule has 0 aliphatic carbocycles. The number of anilines is 1. The van der Waals surface area contributed by atoms with Crippen LogP contribution in [-0.2, 0) is 9.59 Å². The van der Waals surface area contributed by atoms with Crippen molar-refractivity contribution in [1.82, 2.24) is 4.98 Å². The Kier molecular flexibility index (Phi) is 4.87. The summed E-state index contributed by atoms with van der Waals surface area (Å²) >= 11 is 4.63. The number of carbonyl (C=O) groups is 2. The van der Waals surface area contributed by atoms with E-state index in [-0.39, 0.29) is 11.3 Å². The average Bonchev–Trinajstić information content (AvgIpc) is 3.30. The van der Waals surface area contributed by atoms with Crippen molar-refractivity contribution in [3.63, 3.8) is 0 Å². The minimum atomic E-state index is -0.740. The van der Waals surface area contributed by atoms with Gasteiger partial charge in [-0.3, -0.25) is 14.5 Å². The van der Waals surface area contributed by atoms with E-state index in [2.05, 4.69) is 20.9 Å². The van der Waals surface area contributed by atoms with Crippen LogP contribution in [0.25, 0.3) is 5.76 Å². The topological polar surface area (TPSA) is 70.5 Å². The number of rotatable bonds is 3. The number of Topliss-reactive ketones (excluding diaryl/α,β-unsaturated/α-hetero) is 1. The number of halogens is 1. The maximum Gasteiger partial charge on any atom is 0.301 e. The fourth-order valence-electron chi connectivity index (χ4n) is 3.19. The minimum Gasteiger partial charge on any atom is -0.507 e. The number of aliphatic hydroxyl groups is 1. The van der Waals surface area contributed by atoms with E-state index in [0.29, 0.717) is 10.7 Å². The third kappa shape index (κ3) is 3.16. The molecule has 1 amide bonds. The van der Waals surface area contributed by atoms with E-state index in [9.17, 15) is 14.7 Å². The molecule has 1 N–H and O–H groups in total. The van der Waals surface area contributed by atoms with Crippen molar-refractivity contribution in [3.8, 4) is 0 Å². The number of aryl methyl sites for hydroxylation is 1. The summed E-state index contributed by atoms with van der Waals surface area (Å²) < 4.78 is 0.849. The van der Waals surface area contributed by atoms with Crippen molar-refractivity contribution in [2.24, 2.45) is 0 Å². The number of aliphatic hydroxyl groups excluding tert-OH is 1. The van der Waals surface area contributed by atoms with E-state index >= 15 is 0 Å². The van der Waals surface area contributed by atoms with Crippen molar-refractivity contribution < 1.29 is 14.7 Å². The Morgan fingerprint density at radius 3 is 2.39 bits per heavy atom. The van der Waals surface area contributed by atoms with E-state index in [1.807, 2.05) is 31.2 Å². The molecule has 7 heteroatoms. The van der Waals surface area contributed by atoms with Crippen molar-refractivity contribution in [1.29, 1.82) is 0 Å². The molecule has 0 unspecified atom stereocenters. The first-order valence-corrected chi connectivity index (χ1v) is 10.2. The van der Waals surface area contributed by atoms with Gasteiger partial charge in [0.25, 0.3) is 5.78 Å². The molecule has 0 spiro atoms. The SMILES string of the molecule is Cc1ccc([C@H]2C(=C(O)c3ccc(Br)cc3)C(=O)C(=O)N2c2nccs2)cc1. The van der Waals surface area contributed by atoms with Gasteiger partial charge in [0.15, 0.2) is 5.13 Å². The molecule has 0 bridgehead atoms. The van der Waals surface area contributed by atoms with E-state index in [1.54, 1.807) is 35.8 Å². The van der Waals surface area contributed by atoms with Crippen LogP contribution in [0.2, 0.25) is 0 Å². The van der Waals surface area contributed by atoms with Crippen LogP contribution < -0.4 is 4.90 Å². The highest BCUT2D eigenvalue weighted by atomic mass is 79.9. The molecule has 140 valence electrons. The van der Waals surface area contributed by atoms with Gasteiger partial charge in [-0.2, -0.15) is 0 Å². The monoisotopic (exact) mass is 454 g/mol. The van der Waals surface area contributed by atoms with Crippen LogP contribution >= 0.6 is 27.3 Å². The molecule has 2 heterocycles. The van der Waals surface area contributed by atoms with E-state index in [1.165, 1.54) is 16.2 Å². The normalized spacial score (nSPS) is 18.6. The summed E-state index contributed by atoms with van der Waals surface area (Å²) in [6.45, 7) is 1.96. The van der Waals surface area contributed by atoms with Crippen LogP contribution in [0.3, 0.4) is 0 Å². The Labute approximate surface area is 174 Å². The van der Waals surface area contributed by atoms with Gasteiger partial charge in [-0.15, -0.1) is 11.3 Å². The first-order valence-electron chi connectivity index (χ1n) is 8.50. The van der Waals surface area contributed by atoms with Gasteiger partial charge in [-0.25, -0.2) is 4.98 Å². The molecule has 1 saturated heterocycles. The van der Waals surface area contributed by atoms with E-state index in [4.69, 9.17) is 0 Å². The van der Waals surface area contributed by atoms with E-state index < -0.39 is 17.7 Å². The largest absolute Gasteiger partial charge is 0.507 e. The van der Waals surface area contributed by atoms with Crippen molar-refractivity contribution in [2.45, 2.75) is 13.0 Å². The molecule has 28 heavy (non-hydrogen) atoms. The summed E-state index contributed by atoms with van der Waals surface area (Å²) in [7, 11) is 0. The highest BCUT2D eigenvalue weighted by Gasteiger charge is 2.47. The second-order valence-electron chi connectivity index (χ2n) is 6.40. The summed E-state index contributed by atoms with van der Waals surface area (Å²) in [5.41, 5.74) is 2.32. The second kappa shape index (κ2) is 7.33. The molecule has 5 nitrogen and oxygen atoms in total. The fourth-order valence-corrected chi connectivity index (χ4v) is 4.12. The minimum absolute atomic E-state index is 0.0615. The predicted molar refractivity (Wildman–Crippen MR) is 112 cm³/mol.